The number of aromatic nitrogens is 2. The van der Waals surface area contributed by atoms with Crippen molar-refractivity contribution in [3.8, 4) is 17.0 Å². The van der Waals surface area contributed by atoms with Gasteiger partial charge in [0, 0.05) is 36.8 Å². The summed E-state index contributed by atoms with van der Waals surface area (Å²) in [6, 6.07) is 7.60. The number of likely N-dealkylation sites (tertiary alicyclic amines) is 1. The Morgan fingerprint density at radius 3 is 2.83 bits per heavy atom. The molecule has 10 heteroatoms. The summed E-state index contributed by atoms with van der Waals surface area (Å²) in [6.07, 6.45) is 6.43. The van der Waals surface area contributed by atoms with E-state index in [1.54, 1.807) is 24.4 Å². The minimum atomic E-state index is -0.212. The van der Waals surface area contributed by atoms with E-state index in [4.69, 9.17) is 15.2 Å². The number of urea groups is 1. The van der Waals surface area contributed by atoms with Gasteiger partial charge in [0.1, 0.15) is 5.75 Å². The van der Waals surface area contributed by atoms with Crippen LogP contribution in [0.5, 0.6) is 5.75 Å². The molecule has 10 nitrogen and oxygen atoms in total. The summed E-state index contributed by atoms with van der Waals surface area (Å²) in [7, 11) is 1.66. The Balaban J connectivity index is 1.46. The van der Waals surface area contributed by atoms with Crippen molar-refractivity contribution >= 4 is 18.2 Å². The standard InChI is InChI=1S/C26H35N7O3/c1-26(2,3)36-19-15-33(16-19)25(34)32-22-6-5-11-35-23-12-17(7-8-20(22)23)21-9-10-29-24(31-21)30-18(13-27)14-28-4/h7-10,12-14,19,22H,5-6,11,15-16,27H2,1-4H3,(H,32,34)(H,29,30,31). The molecule has 2 amide bonds. The molecule has 0 saturated carbocycles. The Morgan fingerprint density at radius 2 is 2.11 bits per heavy atom. The first kappa shape index (κ1) is 25.4. The van der Waals surface area contributed by atoms with Crippen molar-refractivity contribution in [2.75, 3.05) is 32.1 Å². The number of nitrogens with one attached hydrogen (secondary N) is 2. The van der Waals surface area contributed by atoms with Crippen LogP contribution in [0.25, 0.3) is 11.3 Å². The van der Waals surface area contributed by atoms with Crippen molar-refractivity contribution in [2.24, 2.45) is 10.7 Å². The molecule has 1 saturated heterocycles. The number of ether oxygens (including phenoxy) is 2. The van der Waals surface area contributed by atoms with Gasteiger partial charge < -0.3 is 30.7 Å². The number of amides is 2. The number of allylic oxidation sites excluding steroid dienone is 1. The van der Waals surface area contributed by atoms with Crippen molar-refractivity contribution in [3.63, 3.8) is 0 Å². The summed E-state index contributed by atoms with van der Waals surface area (Å²) in [4.78, 5) is 27.5. The molecule has 0 aliphatic carbocycles. The number of aliphatic imine (C=N–C) groups is 1. The molecule has 0 bridgehead atoms. The number of nitrogens with zero attached hydrogens (tertiary/aromatic N) is 4. The molecule has 2 aliphatic heterocycles. The van der Waals surface area contributed by atoms with Gasteiger partial charge in [-0.25, -0.2) is 14.8 Å². The Bertz CT molecular complexity index is 1140. The van der Waals surface area contributed by atoms with Crippen LogP contribution in [0.15, 0.2) is 47.4 Å². The highest BCUT2D eigenvalue weighted by Gasteiger charge is 2.35. The molecule has 0 radical (unpaired) electrons. The minimum Gasteiger partial charge on any atom is -0.493 e. The van der Waals surface area contributed by atoms with E-state index in [-0.39, 0.29) is 23.8 Å². The van der Waals surface area contributed by atoms with Gasteiger partial charge in [0.05, 0.1) is 48.8 Å². The summed E-state index contributed by atoms with van der Waals surface area (Å²) in [5.74, 6) is 1.16. The van der Waals surface area contributed by atoms with Gasteiger partial charge in [-0.3, -0.25) is 4.99 Å². The van der Waals surface area contributed by atoms with Gasteiger partial charge in [-0.15, -0.1) is 0 Å². The molecule has 2 aromatic rings. The molecule has 4 rings (SSSR count). The van der Waals surface area contributed by atoms with E-state index in [0.717, 1.165) is 35.4 Å². The van der Waals surface area contributed by atoms with Crippen molar-refractivity contribution in [2.45, 2.75) is 51.4 Å². The second-order valence-electron chi connectivity index (χ2n) is 9.90. The topological polar surface area (TPSA) is 127 Å². The number of carbonyl (C=O) groups is 1. The van der Waals surface area contributed by atoms with E-state index >= 15 is 0 Å². The van der Waals surface area contributed by atoms with Crippen LogP contribution in [0.4, 0.5) is 10.7 Å². The van der Waals surface area contributed by atoms with Crippen LogP contribution in [0.1, 0.15) is 45.2 Å². The van der Waals surface area contributed by atoms with Crippen LogP contribution < -0.4 is 21.1 Å². The molecule has 4 N–H and O–H groups in total. The lowest BCUT2D eigenvalue weighted by molar-refractivity contribution is -0.111. The zero-order chi connectivity index (χ0) is 25.7. The van der Waals surface area contributed by atoms with Crippen LogP contribution in [0, 0.1) is 0 Å². The lowest BCUT2D eigenvalue weighted by Gasteiger charge is -2.42. The first-order valence-corrected chi connectivity index (χ1v) is 12.2. The molecular weight excluding hydrogens is 458 g/mol. The second-order valence-corrected chi connectivity index (χ2v) is 9.90. The highest BCUT2D eigenvalue weighted by molar-refractivity contribution is 5.82. The quantitative estimate of drug-likeness (QED) is 0.526. The summed E-state index contributed by atoms with van der Waals surface area (Å²) in [5, 5.41) is 6.24. The summed E-state index contributed by atoms with van der Waals surface area (Å²) in [6.45, 7) is 7.88. The number of benzene rings is 1. The maximum absolute atomic E-state index is 12.9. The Hall–Kier alpha value is -3.66. The summed E-state index contributed by atoms with van der Waals surface area (Å²) >= 11 is 0. The fourth-order valence-corrected chi connectivity index (χ4v) is 4.27. The van der Waals surface area contributed by atoms with Gasteiger partial charge in [-0.05, 0) is 45.7 Å². The Kier molecular flexibility index (Phi) is 7.73. The number of anilines is 1. The molecule has 192 valence electrons. The van der Waals surface area contributed by atoms with E-state index in [0.29, 0.717) is 31.3 Å². The van der Waals surface area contributed by atoms with Crippen LogP contribution in [0.2, 0.25) is 0 Å². The van der Waals surface area contributed by atoms with Gasteiger partial charge in [-0.2, -0.15) is 0 Å². The van der Waals surface area contributed by atoms with Gasteiger partial charge >= 0.3 is 6.03 Å². The average molecular weight is 494 g/mol. The highest BCUT2D eigenvalue weighted by Crippen LogP contribution is 2.35. The van der Waals surface area contributed by atoms with Crippen LogP contribution in [0.3, 0.4) is 0 Å². The predicted molar refractivity (Wildman–Crippen MR) is 140 cm³/mol. The van der Waals surface area contributed by atoms with Crippen LogP contribution in [-0.2, 0) is 4.74 Å². The summed E-state index contributed by atoms with van der Waals surface area (Å²) < 4.78 is 12.0. The van der Waals surface area contributed by atoms with E-state index in [9.17, 15) is 4.79 Å². The third kappa shape index (κ3) is 6.31. The fraction of sp³-hybridized carbons (Fsp3) is 0.462. The minimum absolute atomic E-state index is 0.0726. The van der Waals surface area contributed by atoms with Gasteiger partial charge in [0.15, 0.2) is 0 Å². The number of hydrogen-bond donors (Lipinski definition) is 3. The lowest BCUT2D eigenvalue weighted by atomic mass is 9.99. The van der Waals surface area contributed by atoms with Crippen LogP contribution >= 0.6 is 0 Å². The highest BCUT2D eigenvalue weighted by atomic mass is 16.5. The molecule has 1 aromatic heterocycles. The average Bonchev–Trinajstić information content (AvgIpc) is 3.02. The zero-order valence-electron chi connectivity index (χ0n) is 21.3. The van der Waals surface area contributed by atoms with E-state index < -0.39 is 0 Å². The van der Waals surface area contributed by atoms with E-state index in [1.807, 2.05) is 45.0 Å². The van der Waals surface area contributed by atoms with E-state index in [1.165, 1.54) is 6.20 Å². The summed E-state index contributed by atoms with van der Waals surface area (Å²) in [5.41, 5.74) is 8.60. The first-order chi connectivity index (χ1) is 17.3. The van der Waals surface area contributed by atoms with E-state index in [2.05, 4.69) is 25.6 Å². The molecule has 0 spiro atoms. The maximum Gasteiger partial charge on any atom is 0.318 e. The molecule has 1 fully saturated rings. The van der Waals surface area contributed by atoms with Crippen molar-refractivity contribution in [3.05, 3.63) is 47.9 Å². The lowest BCUT2D eigenvalue weighted by Crippen LogP contribution is -2.59. The largest absolute Gasteiger partial charge is 0.493 e. The van der Waals surface area contributed by atoms with Crippen LogP contribution in [-0.4, -0.2) is 65.6 Å². The predicted octanol–water partition coefficient (Wildman–Crippen LogP) is 3.48. The number of hydrogen-bond acceptors (Lipinski definition) is 8. The Morgan fingerprint density at radius 1 is 1.31 bits per heavy atom. The molecule has 1 atom stereocenters. The van der Waals surface area contributed by atoms with Gasteiger partial charge in [-0.1, -0.05) is 12.1 Å². The number of carbonyl (C=O) groups excluding carboxylic acids is 1. The van der Waals surface area contributed by atoms with Crippen molar-refractivity contribution < 1.29 is 14.3 Å². The van der Waals surface area contributed by atoms with Gasteiger partial charge in [0.25, 0.3) is 0 Å². The molecule has 1 aromatic carbocycles. The molecular formula is C26H35N7O3. The molecule has 2 aliphatic rings. The van der Waals surface area contributed by atoms with Crippen molar-refractivity contribution in [1.29, 1.82) is 0 Å². The fourth-order valence-electron chi connectivity index (χ4n) is 4.27. The number of rotatable bonds is 6. The third-order valence-corrected chi connectivity index (χ3v) is 5.89. The SMILES string of the molecule is CN=CC(=CN)Nc1nccc(-c2ccc3c(c2)OCCCC3NC(=O)N2CC(OC(C)(C)C)C2)n1. The monoisotopic (exact) mass is 493 g/mol. The Labute approximate surface area is 212 Å². The molecule has 3 heterocycles. The molecule has 1 unspecified atom stereocenters. The number of nitrogens with two attached hydrogens (primary N) is 1. The first-order valence-electron chi connectivity index (χ1n) is 12.2. The van der Waals surface area contributed by atoms with Crippen molar-refractivity contribution in [1.82, 2.24) is 20.2 Å². The zero-order valence-corrected chi connectivity index (χ0v) is 21.3. The third-order valence-electron chi connectivity index (χ3n) is 5.89. The number of fused-ring (bicyclic) bond motifs is 1. The van der Waals surface area contributed by atoms with Gasteiger partial charge in [0.2, 0.25) is 5.95 Å². The maximum atomic E-state index is 12.9. The molecule has 36 heavy (non-hydrogen) atoms. The normalized spacial score (nSPS) is 18.7. The smallest absolute Gasteiger partial charge is 0.318 e. The second kappa shape index (κ2) is 10.9.